The van der Waals surface area contributed by atoms with Crippen LogP contribution in [0.4, 0.5) is 0 Å². The summed E-state index contributed by atoms with van der Waals surface area (Å²) in [4.78, 5) is 11.5. The third kappa shape index (κ3) is 3.20. The molecule has 2 rings (SSSR count). The van der Waals surface area contributed by atoms with Gasteiger partial charge in [0.15, 0.2) is 0 Å². The standard InChI is InChI=1S/C12H22N2O/c15-12-11(2-1-7-14-12)4-3-10-5-8-13-9-6-10/h10-11,13H,1-9H2,(H,14,15)/t11-/m0/s1. The number of carbonyl (C=O) groups is 1. The molecular weight excluding hydrogens is 188 g/mol. The zero-order valence-corrected chi connectivity index (χ0v) is 9.43. The lowest BCUT2D eigenvalue weighted by molar-refractivity contribution is -0.126. The molecule has 2 saturated heterocycles. The fraction of sp³-hybridized carbons (Fsp3) is 0.917. The molecule has 0 spiro atoms. The average Bonchev–Trinajstić information content (AvgIpc) is 2.29. The number of nitrogens with one attached hydrogen (secondary N) is 2. The molecule has 1 atom stereocenters. The van der Waals surface area contributed by atoms with Crippen molar-refractivity contribution in [2.45, 2.75) is 38.5 Å². The van der Waals surface area contributed by atoms with Crippen LogP contribution in [0.5, 0.6) is 0 Å². The molecule has 3 nitrogen and oxygen atoms in total. The monoisotopic (exact) mass is 210 g/mol. The molecule has 0 radical (unpaired) electrons. The average molecular weight is 210 g/mol. The maximum Gasteiger partial charge on any atom is 0.223 e. The first kappa shape index (κ1) is 10.9. The quantitative estimate of drug-likeness (QED) is 0.737. The minimum Gasteiger partial charge on any atom is -0.356 e. The van der Waals surface area contributed by atoms with E-state index >= 15 is 0 Å². The van der Waals surface area contributed by atoms with Gasteiger partial charge in [-0.2, -0.15) is 0 Å². The van der Waals surface area contributed by atoms with E-state index in [1.807, 2.05) is 0 Å². The van der Waals surface area contributed by atoms with Gasteiger partial charge in [0, 0.05) is 12.5 Å². The van der Waals surface area contributed by atoms with Crippen LogP contribution in [0.15, 0.2) is 0 Å². The molecule has 0 bridgehead atoms. The Balaban J connectivity index is 1.69. The van der Waals surface area contributed by atoms with Crippen molar-refractivity contribution in [3.05, 3.63) is 0 Å². The fourth-order valence-electron chi connectivity index (χ4n) is 2.72. The lowest BCUT2D eigenvalue weighted by atomic mass is 9.86. The van der Waals surface area contributed by atoms with Gasteiger partial charge in [-0.3, -0.25) is 4.79 Å². The summed E-state index contributed by atoms with van der Waals surface area (Å²) in [5, 5.41) is 6.35. The summed E-state index contributed by atoms with van der Waals surface area (Å²) in [5.74, 6) is 1.48. The highest BCUT2D eigenvalue weighted by Crippen LogP contribution is 2.24. The zero-order valence-electron chi connectivity index (χ0n) is 9.43. The lowest BCUT2D eigenvalue weighted by Gasteiger charge is -2.26. The predicted molar refractivity (Wildman–Crippen MR) is 60.6 cm³/mol. The van der Waals surface area contributed by atoms with Gasteiger partial charge in [0.1, 0.15) is 0 Å². The normalized spacial score (nSPS) is 28.8. The second kappa shape index (κ2) is 5.50. The van der Waals surface area contributed by atoms with Crippen LogP contribution < -0.4 is 10.6 Å². The van der Waals surface area contributed by atoms with Crippen molar-refractivity contribution >= 4 is 5.91 Å². The van der Waals surface area contributed by atoms with E-state index in [4.69, 9.17) is 0 Å². The molecule has 0 aliphatic carbocycles. The molecule has 0 aromatic carbocycles. The van der Waals surface area contributed by atoms with Gasteiger partial charge in [-0.25, -0.2) is 0 Å². The first-order valence-electron chi connectivity index (χ1n) is 6.34. The van der Waals surface area contributed by atoms with E-state index in [0.717, 1.165) is 25.3 Å². The number of piperidine rings is 2. The van der Waals surface area contributed by atoms with E-state index in [1.165, 1.54) is 38.8 Å². The summed E-state index contributed by atoms with van der Waals surface area (Å²) in [7, 11) is 0. The van der Waals surface area contributed by atoms with Crippen LogP contribution >= 0.6 is 0 Å². The number of amides is 1. The van der Waals surface area contributed by atoms with E-state index < -0.39 is 0 Å². The van der Waals surface area contributed by atoms with Crippen LogP contribution in [-0.4, -0.2) is 25.5 Å². The Morgan fingerprint density at radius 2 is 1.87 bits per heavy atom. The number of rotatable bonds is 3. The molecule has 2 heterocycles. The molecule has 0 unspecified atom stereocenters. The van der Waals surface area contributed by atoms with Crippen LogP contribution in [0.3, 0.4) is 0 Å². The SMILES string of the molecule is O=C1NCCC[C@H]1CCC1CCNCC1. The van der Waals surface area contributed by atoms with Gasteiger partial charge in [-0.05, 0) is 57.5 Å². The first-order valence-corrected chi connectivity index (χ1v) is 6.34. The van der Waals surface area contributed by atoms with Crippen LogP contribution in [0.25, 0.3) is 0 Å². The summed E-state index contributed by atoms with van der Waals surface area (Å²) in [6.07, 6.45) is 7.23. The predicted octanol–water partition coefficient (Wildman–Crippen LogP) is 1.29. The maximum atomic E-state index is 11.5. The first-order chi connectivity index (χ1) is 7.36. The lowest BCUT2D eigenvalue weighted by Crippen LogP contribution is -2.37. The zero-order chi connectivity index (χ0) is 10.5. The van der Waals surface area contributed by atoms with Crippen LogP contribution in [0.1, 0.15) is 38.5 Å². The minimum absolute atomic E-state index is 0.301. The number of carbonyl (C=O) groups excluding carboxylic acids is 1. The van der Waals surface area contributed by atoms with E-state index in [0.29, 0.717) is 11.8 Å². The van der Waals surface area contributed by atoms with Gasteiger partial charge in [0.2, 0.25) is 5.91 Å². The smallest absolute Gasteiger partial charge is 0.223 e. The Morgan fingerprint density at radius 3 is 2.60 bits per heavy atom. The van der Waals surface area contributed by atoms with Crippen LogP contribution in [0, 0.1) is 11.8 Å². The minimum atomic E-state index is 0.301. The van der Waals surface area contributed by atoms with E-state index in [2.05, 4.69) is 10.6 Å². The molecule has 15 heavy (non-hydrogen) atoms. The second-order valence-corrected chi connectivity index (χ2v) is 4.90. The van der Waals surface area contributed by atoms with Gasteiger partial charge in [-0.1, -0.05) is 0 Å². The summed E-state index contributed by atoms with van der Waals surface area (Å²) in [6.45, 7) is 3.23. The number of hydrogen-bond donors (Lipinski definition) is 2. The van der Waals surface area contributed by atoms with Crippen LogP contribution in [0.2, 0.25) is 0 Å². The fourth-order valence-corrected chi connectivity index (χ4v) is 2.72. The summed E-state index contributed by atoms with van der Waals surface area (Å²) < 4.78 is 0. The Morgan fingerprint density at radius 1 is 1.07 bits per heavy atom. The molecule has 2 fully saturated rings. The van der Waals surface area contributed by atoms with Gasteiger partial charge in [-0.15, -0.1) is 0 Å². The van der Waals surface area contributed by atoms with Gasteiger partial charge in [0.25, 0.3) is 0 Å². The Kier molecular flexibility index (Phi) is 4.01. The maximum absolute atomic E-state index is 11.5. The third-order valence-electron chi connectivity index (χ3n) is 3.78. The van der Waals surface area contributed by atoms with Gasteiger partial charge in [0.05, 0.1) is 0 Å². The topological polar surface area (TPSA) is 41.1 Å². The Labute approximate surface area is 92.0 Å². The molecule has 3 heteroatoms. The molecule has 0 aromatic rings. The highest BCUT2D eigenvalue weighted by atomic mass is 16.1. The molecule has 1 amide bonds. The van der Waals surface area contributed by atoms with Crippen molar-refractivity contribution in [2.75, 3.05) is 19.6 Å². The van der Waals surface area contributed by atoms with Crippen molar-refractivity contribution in [3.63, 3.8) is 0 Å². The van der Waals surface area contributed by atoms with Crippen molar-refractivity contribution in [1.82, 2.24) is 10.6 Å². The molecule has 2 aliphatic heterocycles. The number of hydrogen-bond acceptors (Lipinski definition) is 2. The molecule has 2 aliphatic rings. The van der Waals surface area contributed by atoms with Crippen molar-refractivity contribution in [2.24, 2.45) is 11.8 Å². The van der Waals surface area contributed by atoms with Gasteiger partial charge >= 0.3 is 0 Å². The summed E-state index contributed by atoms with van der Waals surface area (Å²) >= 11 is 0. The molecule has 86 valence electrons. The molecule has 0 aromatic heterocycles. The third-order valence-corrected chi connectivity index (χ3v) is 3.78. The van der Waals surface area contributed by atoms with Gasteiger partial charge < -0.3 is 10.6 Å². The van der Waals surface area contributed by atoms with Crippen molar-refractivity contribution in [1.29, 1.82) is 0 Å². The molecular formula is C12H22N2O. The van der Waals surface area contributed by atoms with Crippen molar-refractivity contribution in [3.8, 4) is 0 Å². The van der Waals surface area contributed by atoms with E-state index in [1.54, 1.807) is 0 Å². The second-order valence-electron chi connectivity index (χ2n) is 4.90. The Bertz CT molecular complexity index is 212. The van der Waals surface area contributed by atoms with Crippen LogP contribution in [-0.2, 0) is 4.79 Å². The van der Waals surface area contributed by atoms with Crippen molar-refractivity contribution < 1.29 is 4.79 Å². The molecule has 2 N–H and O–H groups in total. The molecule has 0 saturated carbocycles. The van der Waals surface area contributed by atoms with E-state index in [9.17, 15) is 4.79 Å². The highest BCUT2D eigenvalue weighted by Gasteiger charge is 2.23. The summed E-state index contributed by atoms with van der Waals surface area (Å²) in [6, 6.07) is 0. The summed E-state index contributed by atoms with van der Waals surface area (Å²) in [5.41, 5.74) is 0. The Hall–Kier alpha value is -0.570. The highest BCUT2D eigenvalue weighted by molar-refractivity contribution is 5.79. The van der Waals surface area contributed by atoms with E-state index in [-0.39, 0.29) is 0 Å². The largest absolute Gasteiger partial charge is 0.356 e.